The fraction of sp³-hybridized carbons (Fsp3) is 0.440. The van der Waals surface area contributed by atoms with Gasteiger partial charge < -0.3 is 16.0 Å². The van der Waals surface area contributed by atoms with E-state index in [1.807, 2.05) is 18.2 Å². The van der Waals surface area contributed by atoms with Crippen LogP contribution in [0.5, 0.6) is 0 Å². The van der Waals surface area contributed by atoms with Crippen molar-refractivity contribution in [2.75, 3.05) is 28.4 Å². The van der Waals surface area contributed by atoms with Gasteiger partial charge in [-0.15, -0.1) is 11.3 Å². The molecule has 178 valence electrons. The monoisotopic (exact) mass is 486 g/mol. The van der Waals surface area contributed by atoms with Crippen molar-refractivity contribution in [1.82, 2.24) is 5.32 Å². The molecule has 3 aromatic rings. The molecule has 0 aliphatic carbocycles. The Kier molecular flexibility index (Phi) is 6.37. The summed E-state index contributed by atoms with van der Waals surface area (Å²) in [6.45, 7) is 11.7. The minimum Gasteiger partial charge on any atom is -0.382 e. The minimum atomic E-state index is -3.49. The summed E-state index contributed by atoms with van der Waals surface area (Å²) in [6.07, 6.45) is 1.08. The van der Waals surface area contributed by atoms with Crippen molar-refractivity contribution in [3.63, 3.8) is 0 Å². The topological polar surface area (TPSA) is 82.3 Å². The predicted octanol–water partition coefficient (Wildman–Crippen LogP) is 5.99. The van der Waals surface area contributed by atoms with Crippen LogP contribution in [0.1, 0.15) is 41.0 Å². The second-order valence-electron chi connectivity index (χ2n) is 10.4. The van der Waals surface area contributed by atoms with Gasteiger partial charge in [0.15, 0.2) is 0 Å². The molecule has 1 unspecified atom stereocenters. The van der Waals surface area contributed by atoms with Crippen LogP contribution in [0, 0.1) is 5.41 Å². The largest absolute Gasteiger partial charge is 0.382 e. The molecule has 4 rings (SSSR count). The molecule has 8 heteroatoms. The van der Waals surface area contributed by atoms with Gasteiger partial charge >= 0.3 is 0 Å². The third kappa shape index (κ3) is 5.28. The molecular weight excluding hydrogens is 452 g/mol. The van der Waals surface area contributed by atoms with Gasteiger partial charge in [0.2, 0.25) is 10.0 Å². The Morgan fingerprint density at radius 1 is 1.06 bits per heavy atom. The van der Waals surface area contributed by atoms with Gasteiger partial charge in [-0.3, -0.25) is 4.72 Å². The molecule has 0 saturated carbocycles. The molecular formula is C25H34N4O2S2. The second-order valence-corrected chi connectivity index (χ2v) is 13.8. The quantitative estimate of drug-likeness (QED) is 0.344. The summed E-state index contributed by atoms with van der Waals surface area (Å²) in [5.74, 6) is 0. The van der Waals surface area contributed by atoms with Crippen LogP contribution in [0.3, 0.4) is 0 Å². The Hall–Kier alpha value is -2.29. The van der Waals surface area contributed by atoms with E-state index < -0.39 is 14.8 Å². The van der Waals surface area contributed by atoms with Gasteiger partial charge in [-0.25, -0.2) is 8.42 Å². The van der Waals surface area contributed by atoms with E-state index in [-0.39, 0.29) is 5.41 Å². The number of sulfonamides is 1. The van der Waals surface area contributed by atoms with Gasteiger partial charge in [-0.1, -0.05) is 19.9 Å². The van der Waals surface area contributed by atoms with E-state index in [1.165, 1.54) is 4.70 Å². The molecule has 1 aromatic heterocycles. The highest BCUT2D eigenvalue weighted by Gasteiger charge is 2.32. The first-order valence-electron chi connectivity index (χ1n) is 11.3. The van der Waals surface area contributed by atoms with Crippen molar-refractivity contribution in [1.29, 1.82) is 0 Å². The molecule has 0 spiro atoms. The number of benzene rings is 2. The van der Waals surface area contributed by atoms with E-state index in [0.717, 1.165) is 42.0 Å². The third-order valence-electron chi connectivity index (χ3n) is 6.25. The Morgan fingerprint density at radius 3 is 2.55 bits per heavy atom. The molecule has 1 saturated heterocycles. The average Bonchev–Trinajstić information content (AvgIpc) is 3.18. The maximum atomic E-state index is 12.6. The lowest BCUT2D eigenvalue weighted by molar-refractivity contribution is 0.236. The average molecular weight is 487 g/mol. The molecule has 33 heavy (non-hydrogen) atoms. The van der Waals surface area contributed by atoms with Gasteiger partial charge in [-0.2, -0.15) is 0 Å². The number of hydrogen-bond donors (Lipinski definition) is 4. The van der Waals surface area contributed by atoms with Crippen LogP contribution in [-0.2, 0) is 10.0 Å². The summed E-state index contributed by atoms with van der Waals surface area (Å²) in [7, 11) is -3.49. The second kappa shape index (κ2) is 8.81. The molecule has 1 aliphatic heterocycles. The summed E-state index contributed by atoms with van der Waals surface area (Å²) in [5.41, 5.74) is 3.63. The fourth-order valence-corrected chi connectivity index (χ4v) is 5.62. The van der Waals surface area contributed by atoms with Crippen molar-refractivity contribution < 1.29 is 8.42 Å². The van der Waals surface area contributed by atoms with Gasteiger partial charge in [0, 0.05) is 39.7 Å². The standard InChI is InChI=1S/C25H34N4O2S2/c1-24(2,3)33(30,31)29-18-8-6-7-17(13-18)27-21-14-19(15-22-20(21)10-12-32-22)28-23-9-11-26-16-25(23,4)5/h6-8,10,12-15,23,26-29H,9,11,16H2,1-5H3. The van der Waals surface area contributed by atoms with Gasteiger partial charge in [0.1, 0.15) is 0 Å². The highest BCUT2D eigenvalue weighted by atomic mass is 32.2. The molecule has 2 heterocycles. The number of fused-ring (bicyclic) bond motifs is 1. The van der Waals surface area contributed by atoms with E-state index >= 15 is 0 Å². The Labute approximate surface area is 201 Å². The van der Waals surface area contributed by atoms with E-state index in [4.69, 9.17) is 0 Å². The normalized spacial score (nSPS) is 18.8. The molecule has 1 atom stereocenters. The zero-order chi connectivity index (χ0) is 23.9. The molecule has 6 nitrogen and oxygen atoms in total. The minimum absolute atomic E-state index is 0.162. The van der Waals surface area contributed by atoms with E-state index in [9.17, 15) is 8.42 Å². The summed E-state index contributed by atoms with van der Waals surface area (Å²) in [5, 5.41) is 14.0. The maximum absolute atomic E-state index is 12.6. The number of rotatable bonds is 6. The van der Waals surface area contributed by atoms with E-state index in [0.29, 0.717) is 11.7 Å². The lowest BCUT2D eigenvalue weighted by atomic mass is 9.80. The highest BCUT2D eigenvalue weighted by molar-refractivity contribution is 7.94. The summed E-state index contributed by atoms with van der Waals surface area (Å²) in [6, 6.07) is 14.3. The van der Waals surface area contributed by atoms with Crippen LogP contribution in [0.2, 0.25) is 0 Å². The van der Waals surface area contributed by atoms with Crippen LogP contribution in [-0.4, -0.2) is 32.3 Å². The third-order valence-corrected chi connectivity index (χ3v) is 9.23. The predicted molar refractivity (Wildman–Crippen MR) is 143 cm³/mol. The van der Waals surface area contributed by atoms with Gasteiger partial charge in [-0.05, 0) is 80.9 Å². The van der Waals surface area contributed by atoms with Crippen LogP contribution in [0.25, 0.3) is 10.1 Å². The molecule has 1 aliphatic rings. The first-order valence-corrected chi connectivity index (χ1v) is 13.7. The molecule has 0 radical (unpaired) electrons. The van der Waals surface area contributed by atoms with Crippen LogP contribution < -0.4 is 20.7 Å². The fourth-order valence-electron chi connectivity index (χ4n) is 4.02. The first-order chi connectivity index (χ1) is 15.4. The lowest BCUT2D eigenvalue weighted by Gasteiger charge is -2.40. The molecule has 1 fully saturated rings. The Bertz CT molecular complexity index is 1240. The van der Waals surface area contributed by atoms with Crippen molar-refractivity contribution >= 4 is 54.2 Å². The summed E-state index contributed by atoms with van der Waals surface area (Å²) < 4.78 is 28.2. The Morgan fingerprint density at radius 2 is 1.82 bits per heavy atom. The van der Waals surface area contributed by atoms with Crippen LogP contribution in [0.15, 0.2) is 47.8 Å². The van der Waals surface area contributed by atoms with E-state index in [2.05, 4.69) is 58.1 Å². The molecule has 2 aromatic carbocycles. The Balaban J connectivity index is 1.61. The maximum Gasteiger partial charge on any atom is 0.237 e. The summed E-state index contributed by atoms with van der Waals surface area (Å²) in [4.78, 5) is 0. The van der Waals surface area contributed by atoms with Gasteiger partial charge in [0.25, 0.3) is 0 Å². The lowest BCUT2D eigenvalue weighted by Crippen LogP contribution is -2.49. The van der Waals surface area contributed by atoms with Gasteiger partial charge in [0.05, 0.1) is 10.4 Å². The SMILES string of the molecule is CC1(C)CNCCC1Nc1cc(Nc2cccc(NS(=O)(=O)C(C)(C)C)c2)c2ccsc2c1. The smallest absolute Gasteiger partial charge is 0.237 e. The highest BCUT2D eigenvalue weighted by Crippen LogP contribution is 2.36. The molecule has 4 N–H and O–H groups in total. The first kappa shape index (κ1) is 23.9. The number of piperidine rings is 1. The van der Waals surface area contributed by atoms with Crippen molar-refractivity contribution in [3.8, 4) is 0 Å². The number of nitrogens with one attached hydrogen (secondary N) is 4. The zero-order valence-electron chi connectivity index (χ0n) is 20.0. The van der Waals surface area contributed by atoms with Crippen molar-refractivity contribution in [2.45, 2.75) is 51.8 Å². The number of anilines is 4. The van der Waals surface area contributed by atoms with Crippen molar-refractivity contribution in [3.05, 3.63) is 47.8 Å². The van der Waals surface area contributed by atoms with E-state index in [1.54, 1.807) is 38.2 Å². The molecule has 0 bridgehead atoms. The summed E-state index contributed by atoms with van der Waals surface area (Å²) >= 11 is 1.72. The zero-order valence-corrected chi connectivity index (χ0v) is 21.6. The van der Waals surface area contributed by atoms with Crippen LogP contribution in [0.4, 0.5) is 22.7 Å². The molecule has 0 amide bonds. The number of thiophene rings is 1. The van der Waals surface area contributed by atoms with Crippen molar-refractivity contribution in [2.24, 2.45) is 5.41 Å². The number of hydrogen-bond acceptors (Lipinski definition) is 6. The van der Waals surface area contributed by atoms with Crippen LogP contribution >= 0.6 is 11.3 Å².